The Morgan fingerprint density at radius 3 is 2.85 bits per heavy atom. The van der Waals surface area contributed by atoms with E-state index < -0.39 is 0 Å². The minimum atomic E-state index is 0.614. The smallest absolute Gasteiger partial charge is 0.114 e. The zero-order valence-corrected chi connectivity index (χ0v) is 8.37. The summed E-state index contributed by atoms with van der Waals surface area (Å²) in [7, 11) is 0. The Morgan fingerprint density at radius 1 is 1.46 bits per heavy atom. The van der Waals surface area contributed by atoms with Crippen LogP contribution >= 0.6 is 0 Å². The molecule has 2 nitrogen and oxygen atoms in total. The van der Waals surface area contributed by atoms with Gasteiger partial charge in [-0.2, -0.15) is 0 Å². The number of oxime groups is 1. The minimum absolute atomic E-state index is 0.614. The highest BCUT2D eigenvalue weighted by molar-refractivity contribution is 5.98. The van der Waals surface area contributed by atoms with Crippen LogP contribution in [0.5, 0.6) is 0 Å². The van der Waals surface area contributed by atoms with Crippen LogP contribution in [-0.2, 0) is 4.84 Å². The maximum Gasteiger partial charge on any atom is 0.114 e. The van der Waals surface area contributed by atoms with Gasteiger partial charge in [0.15, 0.2) is 0 Å². The van der Waals surface area contributed by atoms with Gasteiger partial charge in [-0.15, -0.1) is 0 Å². The summed E-state index contributed by atoms with van der Waals surface area (Å²) in [6.07, 6.45) is 0. The average molecular weight is 177 g/mol. The van der Waals surface area contributed by atoms with E-state index in [0.29, 0.717) is 6.61 Å². The number of rotatable bonds is 3. The van der Waals surface area contributed by atoms with E-state index in [1.54, 1.807) is 0 Å². The van der Waals surface area contributed by atoms with Crippen molar-refractivity contribution in [1.29, 1.82) is 0 Å². The lowest BCUT2D eigenvalue weighted by atomic mass is 10.1. The van der Waals surface area contributed by atoms with Crippen LogP contribution in [0.3, 0.4) is 0 Å². The van der Waals surface area contributed by atoms with Crippen LogP contribution in [0.15, 0.2) is 29.4 Å². The molecule has 1 aromatic carbocycles. The average Bonchev–Trinajstić information content (AvgIpc) is 2.14. The Labute approximate surface area is 79.2 Å². The first-order valence-corrected chi connectivity index (χ1v) is 4.47. The van der Waals surface area contributed by atoms with Crippen molar-refractivity contribution in [2.24, 2.45) is 5.16 Å². The molecule has 1 rings (SSSR count). The van der Waals surface area contributed by atoms with Crippen LogP contribution in [0.2, 0.25) is 0 Å². The van der Waals surface area contributed by atoms with E-state index in [9.17, 15) is 0 Å². The Bertz CT molecular complexity index is 305. The molecule has 0 fully saturated rings. The minimum Gasteiger partial charge on any atom is -0.396 e. The molecular formula is C11H15NO. The number of aryl methyl sites for hydroxylation is 1. The molecule has 0 amide bonds. The summed E-state index contributed by atoms with van der Waals surface area (Å²) in [5, 5.41) is 3.97. The molecule has 0 heterocycles. The van der Waals surface area contributed by atoms with Gasteiger partial charge in [0, 0.05) is 0 Å². The number of benzene rings is 1. The molecule has 0 spiro atoms. The number of hydrogen-bond donors (Lipinski definition) is 0. The van der Waals surface area contributed by atoms with E-state index in [-0.39, 0.29) is 0 Å². The van der Waals surface area contributed by atoms with Gasteiger partial charge < -0.3 is 4.84 Å². The summed E-state index contributed by atoms with van der Waals surface area (Å²) in [4.78, 5) is 4.98. The van der Waals surface area contributed by atoms with Crippen LogP contribution in [0, 0.1) is 6.92 Å². The van der Waals surface area contributed by atoms with Crippen LogP contribution in [0.4, 0.5) is 0 Å². The van der Waals surface area contributed by atoms with E-state index in [0.717, 1.165) is 11.3 Å². The predicted molar refractivity (Wildman–Crippen MR) is 55.0 cm³/mol. The topological polar surface area (TPSA) is 21.6 Å². The molecule has 0 radical (unpaired) electrons. The molecule has 0 aliphatic heterocycles. The summed E-state index contributed by atoms with van der Waals surface area (Å²) >= 11 is 0. The van der Waals surface area contributed by atoms with Crippen molar-refractivity contribution in [2.75, 3.05) is 6.61 Å². The summed E-state index contributed by atoms with van der Waals surface area (Å²) < 4.78 is 0. The molecule has 0 atom stereocenters. The lowest BCUT2D eigenvalue weighted by Gasteiger charge is -2.01. The van der Waals surface area contributed by atoms with Crippen LogP contribution in [0.1, 0.15) is 25.0 Å². The molecule has 0 aromatic heterocycles. The van der Waals surface area contributed by atoms with E-state index >= 15 is 0 Å². The zero-order chi connectivity index (χ0) is 9.68. The number of hydrogen-bond acceptors (Lipinski definition) is 2. The highest BCUT2D eigenvalue weighted by atomic mass is 16.6. The normalized spacial score (nSPS) is 11.5. The maximum atomic E-state index is 4.98. The van der Waals surface area contributed by atoms with E-state index in [4.69, 9.17) is 4.84 Å². The lowest BCUT2D eigenvalue weighted by Crippen LogP contribution is -1.96. The zero-order valence-electron chi connectivity index (χ0n) is 8.37. The summed E-state index contributed by atoms with van der Waals surface area (Å²) in [6.45, 7) is 6.55. The van der Waals surface area contributed by atoms with Crippen molar-refractivity contribution in [1.82, 2.24) is 0 Å². The van der Waals surface area contributed by atoms with Crippen LogP contribution in [-0.4, -0.2) is 12.3 Å². The first-order chi connectivity index (χ1) is 6.24. The highest BCUT2D eigenvalue weighted by Crippen LogP contribution is 2.05. The molecule has 2 heteroatoms. The van der Waals surface area contributed by atoms with Gasteiger partial charge in [0.25, 0.3) is 0 Å². The van der Waals surface area contributed by atoms with Gasteiger partial charge in [-0.25, -0.2) is 0 Å². The first-order valence-electron chi connectivity index (χ1n) is 4.47. The molecule has 13 heavy (non-hydrogen) atoms. The summed E-state index contributed by atoms with van der Waals surface area (Å²) in [5.74, 6) is 0. The van der Waals surface area contributed by atoms with Crippen LogP contribution < -0.4 is 0 Å². The van der Waals surface area contributed by atoms with Gasteiger partial charge in [0.1, 0.15) is 6.61 Å². The third-order valence-corrected chi connectivity index (χ3v) is 1.77. The van der Waals surface area contributed by atoms with E-state index in [1.807, 2.05) is 26.0 Å². The van der Waals surface area contributed by atoms with Crippen molar-refractivity contribution < 1.29 is 4.84 Å². The molecule has 0 aliphatic rings. The van der Waals surface area contributed by atoms with Crippen molar-refractivity contribution in [3.05, 3.63) is 35.4 Å². The number of nitrogens with zero attached hydrogens (tertiary/aromatic N) is 1. The second-order valence-corrected chi connectivity index (χ2v) is 2.96. The van der Waals surface area contributed by atoms with Crippen molar-refractivity contribution in [2.45, 2.75) is 20.8 Å². The second-order valence-electron chi connectivity index (χ2n) is 2.96. The largest absolute Gasteiger partial charge is 0.396 e. The molecule has 0 aliphatic carbocycles. The summed E-state index contributed by atoms with van der Waals surface area (Å²) in [5.41, 5.74) is 3.28. The van der Waals surface area contributed by atoms with Crippen molar-refractivity contribution in [3.8, 4) is 0 Å². The maximum absolute atomic E-state index is 4.98. The quantitative estimate of drug-likeness (QED) is 0.514. The monoisotopic (exact) mass is 177 g/mol. The fraction of sp³-hybridized carbons (Fsp3) is 0.364. The fourth-order valence-electron chi connectivity index (χ4n) is 1.08. The molecule has 0 unspecified atom stereocenters. The highest BCUT2D eigenvalue weighted by Gasteiger charge is 1.96. The molecule has 0 bridgehead atoms. The molecule has 1 aromatic rings. The summed E-state index contributed by atoms with van der Waals surface area (Å²) in [6, 6.07) is 8.22. The third kappa shape index (κ3) is 2.90. The molecule has 70 valence electrons. The van der Waals surface area contributed by atoms with Gasteiger partial charge in [-0.3, -0.25) is 0 Å². The Hall–Kier alpha value is -1.31. The first kappa shape index (κ1) is 9.78. The molecule has 0 saturated heterocycles. The Balaban J connectivity index is 2.82. The second kappa shape index (κ2) is 4.65. The lowest BCUT2D eigenvalue weighted by molar-refractivity contribution is 0.159. The SMILES string of the molecule is CCO/N=C(/C)c1cccc(C)c1. The predicted octanol–water partition coefficient (Wildman–Crippen LogP) is 2.76. The van der Waals surface area contributed by atoms with Gasteiger partial charge in [-0.1, -0.05) is 35.0 Å². The molecule has 0 saturated carbocycles. The molecular weight excluding hydrogens is 162 g/mol. The Kier molecular flexibility index (Phi) is 3.50. The van der Waals surface area contributed by atoms with Crippen LogP contribution in [0.25, 0.3) is 0 Å². The van der Waals surface area contributed by atoms with E-state index in [2.05, 4.69) is 24.2 Å². The van der Waals surface area contributed by atoms with Crippen molar-refractivity contribution >= 4 is 5.71 Å². The van der Waals surface area contributed by atoms with Gasteiger partial charge in [-0.05, 0) is 26.3 Å². The third-order valence-electron chi connectivity index (χ3n) is 1.77. The van der Waals surface area contributed by atoms with Gasteiger partial charge >= 0.3 is 0 Å². The van der Waals surface area contributed by atoms with Crippen molar-refractivity contribution in [3.63, 3.8) is 0 Å². The standard InChI is InChI=1S/C11H15NO/c1-4-13-12-10(3)11-7-5-6-9(2)8-11/h5-8H,4H2,1-3H3/b12-10-. The van der Waals surface area contributed by atoms with E-state index in [1.165, 1.54) is 5.56 Å². The molecule has 0 N–H and O–H groups in total. The fourth-order valence-corrected chi connectivity index (χ4v) is 1.08. The van der Waals surface area contributed by atoms with Gasteiger partial charge in [0.05, 0.1) is 5.71 Å². The van der Waals surface area contributed by atoms with Gasteiger partial charge in [0.2, 0.25) is 0 Å². The Morgan fingerprint density at radius 2 is 2.23 bits per heavy atom.